The van der Waals surface area contributed by atoms with E-state index in [4.69, 9.17) is 11.6 Å². The molecule has 1 N–H and O–H groups in total. The Hall–Kier alpha value is -3.43. The van der Waals surface area contributed by atoms with Gasteiger partial charge < -0.3 is 10.2 Å². The number of rotatable bonds is 10. The first-order chi connectivity index (χ1) is 18.7. The number of para-hydroxylation sites is 1. The van der Waals surface area contributed by atoms with Gasteiger partial charge in [0, 0.05) is 17.6 Å². The largest absolute Gasteiger partial charge is 0.352 e. The van der Waals surface area contributed by atoms with Crippen LogP contribution in [0.2, 0.25) is 5.02 Å². The molecule has 39 heavy (non-hydrogen) atoms. The maximum Gasteiger partial charge on any atom is 0.264 e. The van der Waals surface area contributed by atoms with E-state index in [1.807, 2.05) is 0 Å². The first kappa shape index (κ1) is 28.6. The summed E-state index contributed by atoms with van der Waals surface area (Å²) in [5.74, 6) is -1.81. The van der Waals surface area contributed by atoms with Gasteiger partial charge in [0.05, 0.1) is 10.6 Å². The van der Waals surface area contributed by atoms with Crippen LogP contribution in [-0.2, 0) is 26.2 Å². The molecular formula is C29H31ClFN3O4S. The van der Waals surface area contributed by atoms with Crippen molar-refractivity contribution in [2.45, 2.75) is 56.1 Å². The summed E-state index contributed by atoms with van der Waals surface area (Å²) >= 11 is 6.38. The molecule has 1 atom stereocenters. The second-order valence-corrected chi connectivity index (χ2v) is 11.8. The average molecular weight is 572 g/mol. The minimum Gasteiger partial charge on any atom is -0.352 e. The van der Waals surface area contributed by atoms with Gasteiger partial charge in [0.2, 0.25) is 11.8 Å². The van der Waals surface area contributed by atoms with Crippen molar-refractivity contribution in [1.82, 2.24) is 10.2 Å². The van der Waals surface area contributed by atoms with Crippen molar-refractivity contribution in [3.63, 3.8) is 0 Å². The van der Waals surface area contributed by atoms with E-state index in [1.165, 1.54) is 35.2 Å². The second kappa shape index (κ2) is 12.6. The Bertz CT molecular complexity index is 1410. The fraction of sp³-hybridized carbons (Fsp3) is 0.310. The molecule has 10 heteroatoms. The molecule has 1 aliphatic carbocycles. The number of nitrogens with one attached hydrogen (secondary N) is 1. The summed E-state index contributed by atoms with van der Waals surface area (Å²) in [4.78, 5) is 28.3. The molecule has 0 spiro atoms. The Morgan fingerprint density at radius 3 is 2.26 bits per heavy atom. The Morgan fingerprint density at radius 1 is 0.974 bits per heavy atom. The van der Waals surface area contributed by atoms with Crippen LogP contribution in [0.25, 0.3) is 0 Å². The molecule has 0 saturated heterocycles. The molecule has 4 rings (SSSR count). The molecule has 0 bridgehead atoms. The first-order valence-corrected chi connectivity index (χ1v) is 14.7. The van der Waals surface area contributed by atoms with Gasteiger partial charge >= 0.3 is 0 Å². The Morgan fingerprint density at radius 2 is 1.59 bits per heavy atom. The number of hydrogen-bond donors (Lipinski definition) is 1. The summed E-state index contributed by atoms with van der Waals surface area (Å²) < 4.78 is 43.0. The number of benzene rings is 3. The van der Waals surface area contributed by atoms with Gasteiger partial charge in [-0.3, -0.25) is 13.9 Å². The average Bonchev–Trinajstić information content (AvgIpc) is 3.45. The van der Waals surface area contributed by atoms with Crippen LogP contribution >= 0.6 is 11.6 Å². The molecule has 1 fully saturated rings. The number of nitrogens with zero attached hydrogens (tertiary/aromatic N) is 2. The standard InChI is InChI=1S/C29H31ClFN3O4S/c1-21(29(36)32-23-12-6-7-13-23)33(19-22-11-5-8-16-25(22)30)28(35)20-34(27-18-10-9-17-26(27)31)39(37,38)24-14-3-2-4-15-24/h2-5,8-11,14-18,21,23H,6-7,12-13,19-20H2,1H3,(H,32,36)/t21-/m0/s1. The molecule has 0 radical (unpaired) electrons. The molecular weight excluding hydrogens is 541 g/mol. The predicted octanol–water partition coefficient (Wildman–Crippen LogP) is 5.15. The van der Waals surface area contributed by atoms with Gasteiger partial charge in [0.25, 0.3) is 10.0 Å². The molecule has 0 aromatic heterocycles. The monoisotopic (exact) mass is 571 g/mol. The maximum absolute atomic E-state index is 14.9. The zero-order valence-electron chi connectivity index (χ0n) is 21.6. The van der Waals surface area contributed by atoms with Gasteiger partial charge in [-0.15, -0.1) is 0 Å². The third kappa shape index (κ3) is 6.78. The SMILES string of the molecule is C[C@@H](C(=O)NC1CCCC1)N(Cc1ccccc1Cl)C(=O)CN(c1ccccc1F)S(=O)(=O)c1ccccc1. The lowest BCUT2D eigenvalue weighted by Gasteiger charge is -2.32. The normalized spacial score (nSPS) is 14.5. The number of carbonyl (C=O) groups is 2. The zero-order chi connectivity index (χ0) is 28.0. The summed E-state index contributed by atoms with van der Waals surface area (Å²) in [6.07, 6.45) is 3.79. The topological polar surface area (TPSA) is 86.8 Å². The number of carbonyl (C=O) groups excluding carboxylic acids is 2. The van der Waals surface area contributed by atoms with E-state index < -0.39 is 34.3 Å². The molecule has 2 amide bonds. The quantitative estimate of drug-likeness (QED) is 0.365. The third-order valence-corrected chi connectivity index (χ3v) is 9.04. The lowest BCUT2D eigenvalue weighted by atomic mass is 10.1. The molecule has 1 aliphatic rings. The molecule has 7 nitrogen and oxygen atoms in total. The molecule has 0 aliphatic heterocycles. The van der Waals surface area contributed by atoms with Crippen LogP contribution in [0.3, 0.4) is 0 Å². The van der Waals surface area contributed by atoms with Crippen LogP contribution in [0.15, 0.2) is 83.8 Å². The van der Waals surface area contributed by atoms with Gasteiger partial charge in [0.1, 0.15) is 18.4 Å². The van der Waals surface area contributed by atoms with Crippen molar-refractivity contribution in [2.24, 2.45) is 0 Å². The minimum atomic E-state index is -4.33. The van der Waals surface area contributed by atoms with E-state index in [0.29, 0.717) is 10.6 Å². The lowest BCUT2D eigenvalue weighted by Crippen LogP contribution is -2.52. The van der Waals surface area contributed by atoms with Crippen LogP contribution in [0, 0.1) is 5.82 Å². The van der Waals surface area contributed by atoms with Gasteiger partial charge in [0.15, 0.2) is 0 Å². The smallest absolute Gasteiger partial charge is 0.264 e. The van der Waals surface area contributed by atoms with Gasteiger partial charge in [-0.2, -0.15) is 0 Å². The van der Waals surface area contributed by atoms with Crippen molar-refractivity contribution in [2.75, 3.05) is 10.8 Å². The minimum absolute atomic E-state index is 0.0330. The number of sulfonamides is 1. The highest BCUT2D eigenvalue weighted by Gasteiger charge is 2.34. The highest BCUT2D eigenvalue weighted by atomic mass is 35.5. The number of anilines is 1. The van der Waals surface area contributed by atoms with Gasteiger partial charge in [-0.25, -0.2) is 12.8 Å². The summed E-state index contributed by atoms with van der Waals surface area (Å²) in [7, 11) is -4.33. The number of hydrogen-bond acceptors (Lipinski definition) is 4. The first-order valence-electron chi connectivity index (χ1n) is 12.8. The molecule has 0 unspecified atom stereocenters. The van der Waals surface area contributed by atoms with Crippen LogP contribution in [0.5, 0.6) is 0 Å². The fourth-order valence-electron chi connectivity index (χ4n) is 4.67. The predicted molar refractivity (Wildman–Crippen MR) is 149 cm³/mol. The summed E-state index contributed by atoms with van der Waals surface area (Å²) in [6, 6.07) is 18.9. The van der Waals surface area contributed by atoms with Crippen LogP contribution in [-0.4, -0.2) is 43.8 Å². The van der Waals surface area contributed by atoms with Gasteiger partial charge in [-0.1, -0.05) is 73.0 Å². The van der Waals surface area contributed by atoms with Gasteiger partial charge in [-0.05, 0) is 55.7 Å². The van der Waals surface area contributed by atoms with E-state index in [-0.39, 0.29) is 29.1 Å². The summed E-state index contributed by atoms with van der Waals surface area (Å²) in [5.41, 5.74) is 0.326. The summed E-state index contributed by atoms with van der Waals surface area (Å²) in [5, 5.41) is 3.41. The Labute approximate surface area is 233 Å². The van der Waals surface area contributed by atoms with Crippen LogP contribution in [0.1, 0.15) is 38.2 Å². The van der Waals surface area contributed by atoms with E-state index in [0.717, 1.165) is 36.1 Å². The molecule has 3 aromatic carbocycles. The van der Waals surface area contributed by atoms with Crippen LogP contribution < -0.4 is 9.62 Å². The molecule has 3 aromatic rings. The molecule has 0 heterocycles. The number of amides is 2. The maximum atomic E-state index is 14.9. The van der Waals surface area contributed by atoms with E-state index >= 15 is 0 Å². The fourth-order valence-corrected chi connectivity index (χ4v) is 6.31. The summed E-state index contributed by atoms with van der Waals surface area (Å²) in [6.45, 7) is 0.843. The zero-order valence-corrected chi connectivity index (χ0v) is 23.2. The lowest BCUT2D eigenvalue weighted by molar-refractivity contribution is -0.139. The van der Waals surface area contributed by atoms with E-state index in [1.54, 1.807) is 49.4 Å². The molecule has 1 saturated carbocycles. The van der Waals surface area contributed by atoms with E-state index in [9.17, 15) is 22.4 Å². The molecule has 206 valence electrons. The highest BCUT2D eigenvalue weighted by Crippen LogP contribution is 2.27. The van der Waals surface area contributed by atoms with Crippen molar-refractivity contribution in [3.05, 3.63) is 95.3 Å². The van der Waals surface area contributed by atoms with Crippen molar-refractivity contribution in [3.8, 4) is 0 Å². The third-order valence-electron chi connectivity index (χ3n) is 6.90. The Kier molecular flexibility index (Phi) is 9.24. The Balaban J connectivity index is 1.69. The van der Waals surface area contributed by atoms with Crippen LogP contribution in [0.4, 0.5) is 10.1 Å². The van der Waals surface area contributed by atoms with Crippen molar-refractivity contribution in [1.29, 1.82) is 0 Å². The number of halogens is 2. The highest BCUT2D eigenvalue weighted by molar-refractivity contribution is 7.92. The van der Waals surface area contributed by atoms with Crippen molar-refractivity contribution >= 4 is 39.1 Å². The van der Waals surface area contributed by atoms with Crippen molar-refractivity contribution < 1.29 is 22.4 Å². The second-order valence-electron chi connectivity index (χ2n) is 9.56. The van der Waals surface area contributed by atoms with E-state index in [2.05, 4.69) is 5.32 Å².